The van der Waals surface area contributed by atoms with Crippen LogP contribution >= 0.6 is 0 Å². The van der Waals surface area contributed by atoms with Crippen LogP contribution < -0.4 is 0 Å². The molecule has 0 atom stereocenters. The van der Waals surface area contributed by atoms with Crippen molar-refractivity contribution in [2.24, 2.45) is 4.99 Å². The highest BCUT2D eigenvalue weighted by molar-refractivity contribution is 5.66. The molecule has 0 aromatic carbocycles. The van der Waals surface area contributed by atoms with Crippen LogP contribution in [0.1, 0.15) is 0 Å². The third kappa shape index (κ3) is 4.25. The van der Waals surface area contributed by atoms with Crippen LogP contribution in [0, 0.1) is 0 Å². The molecule has 0 unspecified atom stereocenters. The first-order chi connectivity index (χ1) is 11.4. The molecule has 27 heavy (non-hydrogen) atoms. The van der Waals surface area contributed by atoms with E-state index in [4.69, 9.17) is 0 Å². The van der Waals surface area contributed by atoms with Gasteiger partial charge >= 0.3 is 48.4 Å². The Labute approximate surface area is 134 Å². The first kappa shape index (κ1) is 25.3. The van der Waals surface area contributed by atoms with E-state index in [1.165, 1.54) is 0 Å². The zero-order chi connectivity index (χ0) is 22.5. The average Bonchev–Trinajstić information content (AvgIpc) is 2.33. The van der Waals surface area contributed by atoms with Crippen LogP contribution in [-0.4, -0.2) is 48.4 Å². The van der Waals surface area contributed by atoms with E-state index < -0.39 is 48.4 Å². The Bertz CT molecular complexity index is 568. The first-order valence-electron chi connectivity index (χ1n) is 5.32. The van der Waals surface area contributed by atoms with E-state index in [0.29, 0.717) is 0 Å². The molecule has 0 saturated carbocycles. The molecule has 0 aliphatic rings. The van der Waals surface area contributed by atoms with Gasteiger partial charge in [-0.15, -0.1) is 9.38 Å². The zero-order valence-corrected chi connectivity index (χ0v) is 11.3. The summed E-state index contributed by atoms with van der Waals surface area (Å²) in [4.78, 5) is 0.225. The van der Waals surface area contributed by atoms with Crippen molar-refractivity contribution in [3.8, 4) is 0 Å². The molecule has 0 radical (unpaired) electrons. The number of rotatable bonds is 5. The summed E-state index contributed by atoms with van der Waals surface area (Å²) in [5, 5.41) is 0. The van der Waals surface area contributed by atoms with E-state index in [1.807, 2.05) is 0 Å². The molecule has 19 heteroatoms. The van der Waals surface area contributed by atoms with E-state index >= 15 is 0 Å². The van der Waals surface area contributed by atoms with E-state index in [1.54, 1.807) is 4.74 Å². The molecule has 0 saturated heterocycles. The number of alkyl halides is 16. The van der Waals surface area contributed by atoms with Crippen LogP contribution in [0.3, 0.4) is 0 Å². The van der Waals surface area contributed by atoms with Crippen molar-refractivity contribution in [3.63, 3.8) is 0 Å². The number of hydrogen-bond acceptors (Lipinski definition) is 2. The summed E-state index contributed by atoms with van der Waals surface area (Å²) in [5.74, 6) is -22.7. The van der Waals surface area contributed by atoms with Gasteiger partial charge in [0.1, 0.15) is 0 Å². The minimum absolute atomic E-state index is 0.225. The van der Waals surface area contributed by atoms with Crippen molar-refractivity contribution < 1.29 is 79.4 Å². The normalized spacial score (nSPS) is 16.6. The van der Waals surface area contributed by atoms with Crippen molar-refractivity contribution in [3.05, 3.63) is 0 Å². The molecule has 0 amide bonds. The molecule has 0 aromatic rings. The van der Waals surface area contributed by atoms with Crippen LogP contribution in [0.25, 0.3) is 0 Å². The molecule has 0 aromatic heterocycles. The summed E-state index contributed by atoms with van der Waals surface area (Å²) in [6.45, 7) is 0. The highest BCUT2D eigenvalue weighted by atomic mass is 19.4. The standard InChI is InChI=1S/C8F17NO/c9-1(27-8(24,25)4(14,15)6(19,20)21)26-7(22,23)3(12,13)2(10,11)5(16,17)18/b26-1+. The Morgan fingerprint density at radius 3 is 1.15 bits per heavy atom. The highest BCUT2D eigenvalue weighted by Gasteiger charge is 2.83. The Morgan fingerprint density at radius 1 is 0.519 bits per heavy atom. The third-order valence-electron chi connectivity index (χ3n) is 2.29. The number of hydrogen-bond donors (Lipinski definition) is 0. The van der Waals surface area contributed by atoms with Crippen LogP contribution in [0.2, 0.25) is 0 Å². The van der Waals surface area contributed by atoms with E-state index in [2.05, 4.69) is 0 Å². The van der Waals surface area contributed by atoms with Crippen molar-refractivity contribution in [2.75, 3.05) is 0 Å². The van der Waals surface area contributed by atoms with Crippen molar-refractivity contribution in [1.29, 1.82) is 0 Å². The second-order valence-electron chi connectivity index (χ2n) is 4.24. The number of aliphatic imine (C=N–C) groups is 1. The van der Waals surface area contributed by atoms with Gasteiger partial charge in [-0.1, -0.05) is 0 Å². The largest absolute Gasteiger partial charge is 0.477 e. The topological polar surface area (TPSA) is 21.6 Å². The summed E-state index contributed by atoms with van der Waals surface area (Å²) in [6, 6.07) is -7.29. The molecular formula is C8F17NO. The molecule has 2 nitrogen and oxygen atoms in total. The molecular weight excluding hydrogens is 449 g/mol. The fourth-order valence-electron chi connectivity index (χ4n) is 0.905. The smallest absolute Gasteiger partial charge is 0.386 e. The first-order valence-corrected chi connectivity index (χ1v) is 5.32. The van der Waals surface area contributed by atoms with E-state index in [-0.39, 0.29) is 4.99 Å². The van der Waals surface area contributed by atoms with Crippen molar-refractivity contribution >= 4 is 6.15 Å². The molecule has 0 fully saturated rings. The van der Waals surface area contributed by atoms with Crippen molar-refractivity contribution in [1.82, 2.24) is 0 Å². The Balaban J connectivity index is 5.94. The maximum atomic E-state index is 12.7. The third-order valence-corrected chi connectivity index (χ3v) is 2.29. The maximum absolute atomic E-state index is 12.7. The predicted octanol–water partition coefficient (Wildman–Crippen LogP) is 5.54. The second-order valence-corrected chi connectivity index (χ2v) is 4.24. The molecule has 0 aliphatic heterocycles. The average molecular weight is 449 g/mol. The van der Waals surface area contributed by atoms with Gasteiger partial charge in [0.25, 0.3) is 0 Å². The summed E-state index contributed by atoms with van der Waals surface area (Å²) in [7, 11) is 0. The highest BCUT2D eigenvalue weighted by Crippen LogP contribution is 2.54. The monoisotopic (exact) mass is 449 g/mol. The van der Waals surface area contributed by atoms with Gasteiger partial charge in [0.15, 0.2) is 0 Å². The quantitative estimate of drug-likeness (QED) is 0.234. The van der Waals surface area contributed by atoms with E-state index in [0.717, 1.165) is 0 Å². The molecule has 0 rings (SSSR count). The summed E-state index contributed by atoms with van der Waals surface area (Å²) in [6.07, 6.45) is -26.2. The van der Waals surface area contributed by atoms with Gasteiger partial charge in [0.05, 0.1) is 0 Å². The molecule has 162 valence electrons. The summed E-state index contributed by atoms with van der Waals surface area (Å²) < 4.78 is 209. The summed E-state index contributed by atoms with van der Waals surface area (Å²) in [5.41, 5.74) is 0. The van der Waals surface area contributed by atoms with Crippen LogP contribution in [0.5, 0.6) is 0 Å². The lowest BCUT2D eigenvalue weighted by molar-refractivity contribution is -0.409. The minimum Gasteiger partial charge on any atom is -0.386 e. The van der Waals surface area contributed by atoms with Gasteiger partial charge < -0.3 is 4.74 Å². The predicted molar refractivity (Wildman–Crippen MR) is 46.5 cm³/mol. The lowest BCUT2D eigenvalue weighted by atomic mass is 10.1. The molecule has 0 bridgehead atoms. The SMILES string of the molecule is F/C(=N\C(F)(F)C(F)(F)C(F)(F)C(F)(F)F)OC(F)(F)C(F)(F)C(F)(F)F. The van der Waals surface area contributed by atoms with Gasteiger partial charge in [-0.3, -0.25) is 0 Å². The summed E-state index contributed by atoms with van der Waals surface area (Å²) >= 11 is 0. The van der Waals surface area contributed by atoms with Gasteiger partial charge in [-0.2, -0.15) is 70.2 Å². The second kappa shape index (κ2) is 6.42. The zero-order valence-electron chi connectivity index (χ0n) is 11.3. The Hall–Kier alpha value is -1.72. The lowest BCUT2D eigenvalue weighted by Crippen LogP contribution is -2.60. The van der Waals surface area contributed by atoms with Gasteiger partial charge in [0.2, 0.25) is 0 Å². The maximum Gasteiger partial charge on any atom is 0.477 e. The Morgan fingerprint density at radius 2 is 0.852 bits per heavy atom. The van der Waals surface area contributed by atoms with Crippen LogP contribution in [0.15, 0.2) is 4.99 Å². The molecule has 0 N–H and O–H groups in total. The van der Waals surface area contributed by atoms with Crippen molar-refractivity contribution in [2.45, 2.75) is 42.3 Å². The number of nitrogens with zero attached hydrogens (tertiary/aromatic N) is 1. The fourth-order valence-corrected chi connectivity index (χ4v) is 0.905. The lowest BCUT2D eigenvalue weighted by Gasteiger charge is -2.31. The molecule has 0 spiro atoms. The molecule has 0 aliphatic carbocycles. The fraction of sp³-hybridized carbons (Fsp3) is 0.875. The number of ether oxygens (including phenoxy) is 1. The minimum atomic E-state index is -7.71. The van der Waals surface area contributed by atoms with Gasteiger partial charge in [-0.05, 0) is 0 Å². The Kier molecular flexibility index (Phi) is 6.01. The van der Waals surface area contributed by atoms with Crippen LogP contribution in [-0.2, 0) is 4.74 Å². The number of halogens is 17. The van der Waals surface area contributed by atoms with Gasteiger partial charge in [-0.25, -0.2) is 0 Å². The van der Waals surface area contributed by atoms with Gasteiger partial charge in [0, 0.05) is 0 Å². The van der Waals surface area contributed by atoms with E-state index in [9.17, 15) is 74.6 Å². The molecule has 0 heterocycles. The van der Waals surface area contributed by atoms with Crippen LogP contribution in [0.4, 0.5) is 74.6 Å².